The molecule has 0 aromatic heterocycles. The topological polar surface area (TPSA) is 108 Å². The molecule has 68 heavy (non-hydrogen) atoms. The molecule has 0 heterocycles. The summed E-state index contributed by atoms with van der Waals surface area (Å²) in [5.74, 6) is -2.00. The molecule has 0 saturated heterocycles. The number of hydrogen-bond donors (Lipinski definition) is 1. The van der Waals surface area contributed by atoms with E-state index in [4.69, 9.17) is 18.9 Å². The number of likely N-dealkylation sites (N-methyl/N-ethyl adjacent to an activating group) is 1. The van der Waals surface area contributed by atoms with E-state index in [0.717, 1.165) is 51.4 Å². The molecule has 0 aromatic carbocycles. The first-order chi connectivity index (χ1) is 33.1. The van der Waals surface area contributed by atoms with Gasteiger partial charge >= 0.3 is 17.9 Å². The molecule has 0 spiro atoms. The van der Waals surface area contributed by atoms with Gasteiger partial charge in [-0.1, -0.05) is 224 Å². The van der Waals surface area contributed by atoms with Crippen molar-refractivity contribution in [3.05, 3.63) is 24.3 Å². The van der Waals surface area contributed by atoms with E-state index in [1.807, 2.05) is 21.1 Å². The van der Waals surface area contributed by atoms with Crippen LogP contribution in [0.1, 0.15) is 277 Å². The number of unbranched alkanes of at least 4 members (excludes halogenated alkanes) is 35. The third-order valence-electron chi connectivity index (χ3n) is 12.9. The van der Waals surface area contributed by atoms with Crippen LogP contribution in [0.5, 0.6) is 0 Å². The molecule has 0 aliphatic carbocycles. The van der Waals surface area contributed by atoms with Crippen molar-refractivity contribution in [1.29, 1.82) is 0 Å². The number of nitrogens with zero attached hydrogens (tertiary/aromatic N) is 1. The first kappa shape index (κ1) is 65.8. The van der Waals surface area contributed by atoms with E-state index in [2.05, 4.69) is 38.2 Å². The van der Waals surface area contributed by atoms with Gasteiger partial charge in [-0.3, -0.25) is 9.59 Å². The maximum absolute atomic E-state index is 12.9. The number of carboxylic acid groups (broad SMARTS) is 1. The molecule has 2 atom stereocenters. The Bertz CT molecular complexity index is 1170. The summed E-state index contributed by atoms with van der Waals surface area (Å²) in [5.41, 5.74) is 0. The van der Waals surface area contributed by atoms with Gasteiger partial charge < -0.3 is 28.5 Å². The van der Waals surface area contributed by atoms with Gasteiger partial charge in [0.1, 0.15) is 13.2 Å². The third kappa shape index (κ3) is 51.6. The predicted molar refractivity (Wildman–Crippen MR) is 286 cm³/mol. The number of quaternary nitrogens is 1. The number of hydrogen-bond acceptors (Lipinski definition) is 7. The van der Waals surface area contributed by atoms with Gasteiger partial charge in [0.25, 0.3) is 6.29 Å². The first-order valence-corrected chi connectivity index (χ1v) is 29.0. The summed E-state index contributed by atoms with van der Waals surface area (Å²) in [4.78, 5) is 37.3. The van der Waals surface area contributed by atoms with Crippen LogP contribution in [-0.2, 0) is 33.3 Å². The van der Waals surface area contributed by atoms with Crippen molar-refractivity contribution in [1.82, 2.24) is 0 Å². The van der Waals surface area contributed by atoms with E-state index in [1.165, 1.54) is 199 Å². The number of carbonyl (C=O) groups is 3. The van der Waals surface area contributed by atoms with E-state index < -0.39 is 24.3 Å². The minimum atomic E-state index is -1.51. The van der Waals surface area contributed by atoms with Crippen LogP contribution >= 0.6 is 0 Å². The van der Waals surface area contributed by atoms with Crippen molar-refractivity contribution in [2.75, 3.05) is 47.5 Å². The molecule has 0 radical (unpaired) electrons. The Kier molecular flexibility index (Phi) is 49.5. The molecule has 0 bridgehead atoms. The second-order valence-electron chi connectivity index (χ2n) is 20.9. The van der Waals surface area contributed by atoms with Crippen LogP contribution in [0.25, 0.3) is 0 Å². The lowest BCUT2D eigenvalue weighted by Crippen LogP contribution is -2.40. The maximum Gasteiger partial charge on any atom is 0.361 e. The molecule has 2 unspecified atom stereocenters. The van der Waals surface area contributed by atoms with Crippen molar-refractivity contribution >= 4 is 17.9 Å². The van der Waals surface area contributed by atoms with E-state index in [-0.39, 0.29) is 32.2 Å². The molecule has 9 heteroatoms. The molecule has 0 fully saturated rings. The zero-order valence-electron chi connectivity index (χ0n) is 45.5. The molecule has 0 aliphatic heterocycles. The highest BCUT2D eigenvalue weighted by Crippen LogP contribution is 2.17. The molecule has 0 amide bonds. The van der Waals surface area contributed by atoms with Crippen LogP contribution in [0.3, 0.4) is 0 Å². The lowest BCUT2D eigenvalue weighted by molar-refractivity contribution is -0.870. The van der Waals surface area contributed by atoms with Gasteiger partial charge in [0, 0.05) is 12.8 Å². The fraction of sp³-hybridized carbons (Fsp3) is 0.881. The van der Waals surface area contributed by atoms with Crippen molar-refractivity contribution in [2.45, 2.75) is 289 Å². The number of ether oxygens (including phenoxy) is 4. The zero-order valence-corrected chi connectivity index (χ0v) is 45.5. The fourth-order valence-corrected chi connectivity index (χ4v) is 8.42. The normalized spacial score (nSPS) is 12.9. The minimum absolute atomic E-state index is 0.182. The Hall–Kier alpha value is -2.23. The van der Waals surface area contributed by atoms with Crippen LogP contribution < -0.4 is 0 Å². The average molecular weight is 964 g/mol. The van der Waals surface area contributed by atoms with Gasteiger partial charge in [0.2, 0.25) is 0 Å². The molecular weight excluding hydrogens is 851 g/mol. The summed E-state index contributed by atoms with van der Waals surface area (Å²) in [6, 6.07) is 0. The monoisotopic (exact) mass is 963 g/mol. The molecule has 1 N–H and O–H groups in total. The maximum atomic E-state index is 12.9. The van der Waals surface area contributed by atoms with Gasteiger partial charge in [-0.15, -0.1) is 0 Å². The van der Waals surface area contributed by atoms with E-state index in [0.29, 0.717) is 17.4 Å². The summed E-state index contributed by atoms with van der Waals surface area (Å²) in [7, 11) is 5.97. The molecule has 0 rings (SSSR count). The quantitative estimate of drug-likeness (QED) is 0.0211. The van der Waals surface area contributed by atoms with Gasteiger partial charge in [-0.2, -0.15) is 0 Å². The van der Waals surface area contributed by atoms with E-state index in [1.54, 1.807) is 0 Å². The number of carbonyl (C=O) groups excluding carboxylic acids is 2. The van der Waals surface area contributed by atoms with Gasteiger partial charge in [0.15, 0.2) is 6.10 Å². The Morgan fingerprint density at radius 2 is 0.750 bits per heavy atom. The second kappa shape index (κ2) is 51.1. The van der Waals surface area contributed by atoms with Crippen LogP contribution in [0.4, 0.5) is 0 Å². The molecular formula is C59H112NO8+. The van der Waals surface area contributed by atoms with Gasteiger partial charge in [-0.25, -0.2) is 4.79 Å². The summed E-state index contributed by atoms with van der Waals surface area (Å²) < 4.78 is 22.9. The second-order valence-corrected chi connectivity index (χ2v) is 20.9. The Balaban J connectivity index is 4.13. The van der Waals surface area contributed by atoms with Gasteiger partial charge in [-0.05, 0) is 64.2 Å². The van der Waals surface area contributed by atoms with Crippen molar-refractivity contribution in [3.63, 3.8) is 0 Å². The SMILES string of the molecule is CCCCCCC/C=C\CCCCCCCC(=O)OCC(COC(OCC[N+](C)(C)C)C(=O)O)OC(=O)CCCCCCCCCCCCCCCCCCC/C=C\CCCCCCCCCC. The van der Waals surface area contributed by atoms with Crippen LogP contribution in [-0.4, -0.2) is 87.4 Å². The fourth-order valence-electron chi connectivity index (χ4n) is 8.42. The van der Waals surface area contributed by atoms with Crippen LogP contribution in [0.2, 0.25) is 0 Å². The minimum Gasteiger partial charge on any atom is -0.477 e. The number of esters is 2. The zero-order chi connectivity index (χ0) is 49.9. The predicted octanol–water partition coefficient (Wildman–Crippen LogP) is 16.7. The van der Waals surface area contributed by atoms with Crippen molar-refractivity contribution in [3.8, 4) is 0 Å². The molecule has 0 aromatic rings. The number of aliphatic carboxylic acids is 1. The van der Waals surface area contributed by atoms with E-state index >= 15 is 0 Å². The third-order valence-corrected chi connectivity index (χ3v) is 12.9. The highest BCUT2D eigenvalue weighted by molar-refractivity contribution is 5.71. The molecule has 0 aliphatic rings. The first-order valence-electron chi connectivity index (χ1n) is 29.0. The summed E-state index contributed by atoms with van der Waals surface area (Å²) in [5, 5.41) is 9.68. The number of carboxylic acids is 1. The Morgan fingerprint density at radius 1 is 0.426 bits per heavy atom. The van der Waals surface area contributed by atoms with E-state index in [9.17, 15) is 19.5 Å². The highest BCUT2D eigenvalue weighted by Gasteiger charge is 2.25. The standard InChI is InChI=1S/C59H111NO8/c1-6-8-10-12-14-16-18-20-22-23-24-25-26-27-28-29-30-31-32-33-34-35-36-38-40-42-44-46-48-50-57(62)68-55(54-67-59(58(63)64)65-52-51-60(3,4)5)53-66-56(61)49-47-45-43-41-39-37-21-19-17-15-13-11-9-7-2/h19,21,23-24,55,59H,6-18,20,22,25-54H2,1-5H3/p+1/b21-19-,24-23-. The Labute approximate surface area is 420 Å². The number of rotatable bonds is 54. The smallest absolute Gasteiger partial charge is 0.361 e. The van der Waals surface area contributed by atoms with Crippen LogP contribution in [0, 0.1) is 0 Å². The summed E-state index contributed by atoms with van der Waals surface area (Å²) in [6.45, 7) is 4.89. The van der Waals surface area contributed by atoms with Gasteiger partial charge in [0.05, 0.1) is 34.4 Å². The Morgan fingerprint density at radius 3 is 1.09 bits per heavy atom. The summed E-state index contributed by atoms with van der Waals surface area (Å²) >= 11 is 0. The molecule has 0 saturated carbocycles. The number of allylic oxidation sites excluding steroid dienone is 4. The molecule has 9 nitrogen and oxygen atoms in total. The average Bonchev–Trinajstić information content (AvgIpc) is 3.30. The van der Waals surface area contributed by atoms with Crippen molar-refractivity contribution < 1.29 is 42.9 Å². The highest BCUT2D eigenvalue weighted by atomic mass is 16.7. The lowest BCUT2D eigenvalue weighted by atomic mass is 10.0. The van der Waals surface area contributed by atoms with Crippen LogP contribution in [0.15, 0.2) is 24.3 Å². The van der Waals surface area contributed by atoms with Crippen molar-refractivity contribution in [2.24, 2.45) is 0 Å². The summed E-state index contributed by atoms with van der Waals surface area (Å²) in [6.07, 6.45) is 56.9. The molecule has 400 valence electrons. The largest absolute Gasteiger partial charge is 0.477 e. The lowest BCUT2D eigenvalue weighted by Gasteiger charge is -2.25.